The molecule has 9 heteroatoms. The summed E-state index contributed by atoms with van der Waals surface area (Å²) >= 11 is 1.52. The maximum absolute atomic E-state index is 12.6. The number of amides is 1. The van der Waals surface area contributed by atoms with Gasteiger partial charge in [0.05, 0.1) is 12.2 Å². The molecule has 1 amide bonds. The van der Waals surface area contributed by atoms with E-state index in [0.29, 0.717) is 30.9 Å². The largest absolute Gasteiger partial charge is 0.480 e. The Morgan fingerprint density at radius 2 is 1.89 bits per heavy atom. The van der Waals surface area contributed by atoms with Crippen LogP contribution in [0.5, 0.6) is 0 Å². The molecule has 216 valence electrons. The first-order valence-electron chi connectivity index (χ1n) is 14.3. The van der Waals surface area contributed by atoms with Gasteiger partial charge in [-0.1, -0.05) is 44.8 Å². The van der Waals surface area contributed by atoms with Gasteiger partial charge in [0.2, 0.25) is 5.91 Å². The Bertz CT molecular complexity index is 817. The number of carboxylic acid groups (broad SMARTS) is 1. The lowest BCUT2D eigenvalue weighted by Crippen LogP contribution is -2.41. The number of unbranched alkanes of at least 4 members (excludes halogenated alkanes) is 2. The molecule has 0 aromatic carbocycles. The van der Waals surface area contributed by atoms with E-state index in [1.165, 1.54) is 31.0 Å². The van der Waals surface area contributed by atoms with Crippen molar-refractivity contribution in [2.75, 3.05) is 12.0 Å². The van der Waals surface area contributed by atoms with Crippen molar-refractivity contribution in [3.8, 4) is 0 Å². The number of carbonyl (C=O) groups excluding carboxylic acids is 3. The molecular formula is C29H47NO7S. The van der Waals surface area contributed by atoms with Gasteiger partial charge in [-0.05, 0) is 55.9 Å². The number of aliphatic hydroxyl groups excluding tert-OH is 2. The number of thioether (sulfide) groups is 1. The standard InChI is InChI=1S/C29H47NO7S/c1-3-4-7-19-10-11-20(16-19)25(32)13-12-22-23(27(34)18-26(22)33)17-21(31)8-5-6-9-28(35)30-24(29(36)37)14-15-38-2/h12-13,19-20,22-26,32-33H,3-11,14-18H2,1-2H3,(H,30,35)(H,36,37)/b13-12+/t19-,20-,22+,23+,24-,25-,26+/m0/s1. The molecule has 0 unspecified atom stereocenters. The summed E-state index contributed by atoms with van der Waals surface area (Å²) in [5.41, 5.74) is 0. The van der Waals surface area contributed by atoms with Crippen molar-refractivity contribution < 1.29 is 34.5 Å². The molecule has 0 aliphatic heterocycles. The Morgan fingerprint density at radius 3 is 2.58 bits per heavy atom. The van der Waals surface area contributed by atoms with Crippen LogP contribution in [0.25, 0.3) is 0 Å². The molecule has 0 aromatic rings. The van der Waals surface area contributed by atoms with Gasteiger partial charge in [-0.25, -0.2) is 4.79 Å². The van der Waals surface area contributed by atoms with E-state index in [-0.39, 0.29) is 49.1 Å². The molecule has 0 spiro atoms. The third-order valence-corrected chi connectivity index (χ3v) is 8.74. The van der Waals surface area contributed by atoms with Crippen molar-refractivity contribution in [2.24, 2.45) is 23.7 Å². The minimum Gasteiger partial charge on any atom is -0.480 e. The van der Waals surface area contributed by atoms with E-state index in [1.807, 2.05) is 6.26 Å². The van der Waals surface area contributed by atoms with E-state index < -0.39 is 36.1 Å². The number of aliphatic hydroxyl groups is 2. The van der Waals surface area contributed by atoms with Crippen LogP contribution >= 0.6 is 11.8 Å². The van der Waals surface area contributed by atoms with E-state index >= 15 is 0 Å². The molecule has 0 radical (unpaired) electrons. The summed E-state index contributed by atoms with van der Waals surface area (Å²) in [6.45, 7) is 2.19. The van der Waals surface area contributed by atoms with Gasteiger partial charge in [0.25, 0.3) is 0 Å². The second-order valence-electron chi connectivity index (χ2n) is 11.1. The Kier molecular flexibility index (Phi) is 14.6. The monoisotopic (exact) mass is 553 g/mol. The Balaban J connectivity index is 1.77. The van der Waals surface area contributed by atoms with Gasteiger partial charge in [-0.15, -0.1) is 0 Å². The molecule has 2 saturated carbocycles. The lowest BCUT2D eigenvalue weighted by atomic mass is 9.87. The smallest absolute Gasteiger partial charge is 0.326 e. The fourth-order valence-electron chi connectivity index (χ4n) is 5.78. The lowest BCUT2D eigenvalue weighted by molar-refractivity contribution is -0.141. The van der Waals surface area contributed by atoms with Crippen LogP contribution in [0.2, 0.25) is 0 Å². The first kappa shape index (κ1) is 32.5. The number of nitrogens with one attached hydrogen (secondary N) is 1. The number of ketones is 2. The SMILES string of the molecule is CCCC[C@H]1CC[C@H]([C@@H](O)/C=C/[C@H]2[C@H](O)CC(=O)[C@@H]2CC(=O)CCCCC(=O)N[C@@H](CCSC)C(=O)O)C1. The van der Waals surface area contributed by atoms with Gasteiger partial charge in [0.1, 0.15) is 17.6 Å². The number of rotatable bonds is 18. The fourth-order valence-corrected chi connectivity index (χ4v) is 6.25. The van der Waals surface area contributed by atoms with E-state index in [4.69, 9.17) is 0 Å². The van der Waals surface area contributed by atoms with Crippen LogP contribution in [-0.2, 0) is 19.2 Å². The van der Waals surface area contributed by atoms with E-state index in [0.717, 1.165) is 19.3 Å². The number of hydrogen-bond donors (Lipinski definition) is 4. The molecule has 0 heterocycles. The van der Waals surface area contributed by atoms with Crippen molar-refractivity contribution >= 4 is 35.2 Å². The van der Waals surface area contributed by atoms with E-state index in [9.17, 15) is 34.5 Å². The van der Waals surface area contributed by atoms with Gasteiger partial charge < -0.3 is 20.6 Å². The number of Topliss-reactive ketones (excluding diaryl/α,β-unsaturated/α-hetero) is 2. The lowest BCUT2D eigenvalue weighted by Gasteiger charge is -2.19. The van der Waals surface area contributed by atoms with Crippen LogP contribution in [0.1, 0.15) is 90.4 Å². The highest BCUT2D eigenvalue weighted by molar-refractivity contribution is 7.98. The molecule has 7 atom stereocenters. The molecule has 8 nitrogen and oxygen atoms in total. The van der Waals surface area contributed by atoms with Crippen molar-refractivity contribution in [2.45, 2.75) is 109 Å². The normalized spacial score (nSPS) is 27.1. The molecule has 2 rings (SSSR count). The topological polar surface area (TPSA) is 141 Å². The first-order chi connectivity index (χ1) is 18.2. The molecule has 2 aliphatic rings. The Labute approximate surface area is 231 Å². The summed E-state index contributed by atoms with van der Waals surface area (Å²) in [4.78, 5) is 48.5. The van der Waals surface area contributed by atoms with Crippen molar-refractivity contribution in [1.82, 2.24) is 5.32 Å². The summed E-state index contributed by atoms with van der Waals surface area (Å²) < 4.78 is 0. The van der Waals surface area contributed by atoms with Crippen molar-refractivity contribution in [3.63, 3.8) is 0 Å². The zero-order valence-corrected chi connectivity index (χ0v) is 23.8. The van der Waals surface area contributed by atoms with E-state index in [2.05, 4.69) is 12.2 Å². The molecule has 4 N–H and O–H groups in total. The highest BCUT2D eigenvalue weighted by atomic mass is 32.2. The second-order valence-corrected chi connectivity index (χ2v) is 12.1. The van der Waals surface area contributed by atoms with Gasteiger partial charge >= 0.3 is 5.97 Å². The predicted molar refractivity (Wildman–Crippen MR) is 149 cm³/mol. The van der Waals surface area contributed by atoms with Crippen LogP contribution in [0, 0.1) is 23.7 Å². The van der Waals surface area contributed by atoms with Crippen LogP contribution in [-0.4, -0.2) is 69.0 Å². The van der Waals surface area contributed by atoms with Crippen LogP contribution in [0.3, 0.4) is 0 Å². The van der Waals surface area contributed by atoms with Gasteiger partial charge in [-0.3, -0.25) is 14.4 Å². The van der Waals surface area contributed by atoms with Gasteiger partial charge in [0, 0.05) is 37.5 Å². The molecule has 38 heavy (non-hydrogen) atoms. The summed E-state index contributed by atoms with van der Waals surface area (Å²) in [6.07, 6.45) is 12.3. The Morgan fingerprint density at radius 1 is 1.16 bits per heavy atom. The average molecular weight is 554 g/mol. The maximum atomic E-state index is 12.6. The molecule has 0 bridgehead atoms. The highest BCUT2D eigenvalue weighted by Gasteiger charge is 2.41. The zero-order chi connectivity index (χ0) is 28.1. The second kappa shape index (κ2) is 17.1. The van der Waals surface area contributed by atoms with E-state index in [1.54, 1.807) is 12.2 Å². The summed E-state index contributed by atoms with van der Waals surface area (Å²) in [5.74, 6) is -1.17. The minimum absolute atomic E-state index is 0.0209. The number of hydrogen-bond acceptors (Lipinski definition) is 7. The summed E-state index contributed by atoms with van der Waals surface area (Å²) in [5, 5.41) is 32.9. The molecule has 2 fully saturated rings. The maximum Gasteiger partial charge on any atom is 0.326 e. The number of aliphatic carboxylic acids is 1. The third kappa shape index (κ3) is 10.8. The van der Waals surface area contributed by atoms with Gasteiger partial charge in [0.15, 0.2) is 0 Å². The Hall–Kier alpha value is -1.71. The van der Waals surface area contributed by atoms with Crippen LogP contribution in [0.15, 0.2) is 12.2 Å². The van der Waals surface area contributed by atoms with Crippen LogP contribution < -0.4 is 5.32 Å². The summed E-state index contributed by atoms with van der Waals surface area (Å²) in [7, 11) is 0. The molecule has 0 saturated heterocycles. The molecule has 2 aliphatic carbocycles. The van der Waals surface area contributed by atoms with Crippen molar-refractivity contribution in [3.05, 3.63) is 12.2 Å². The molecular weight excluding hydrogens is 506 g/mol. The van der Waals surface area contributed by atoms with Crippen LogP contribution in [0.4, 0.5) is 0 Å². The quantitative estimate of drug-likeness (QED) is 0.148. The number of carbonyl (C=O) groups is 4. The fraction of sp³-hybridized carbons (Fsp3) is 0.793. The predicted octanol–water partition coefficient (Wildman–Crippen LogP) is 3.92. The third-order valence-electron chi connectivity index (χ3n) is 8.10. The highest BCUT2D eigenvalue weighted by Crippen LogP contribution is 2.38. The molecule has 0 aromatic heterocycles. The van der Waals surface area contributed by atoms with Gasteiger partial charge in [-0.2, -0.15) is 11.8 Å². The summed E-state index contributed by atoms with van der Waals surface area (Å²) in [6, 6.07) is -0.906. The average Bonchev–Trinajstić information content (AvgIpc) is 3.45. The zero-order valence-electron chi connectivity index (χ0n) is 23.0. The number of carboxylic acids is 1. The van der Waals surface area contributed by atoms with Crippen molar-refractivity contribution in [1.29, 1.82) is 0 Å². The minimum atomic E-state index is -1.05. The first-order valence-corrected chi connectivity index (χ1v) is 15.7.